The molecule has 15 heteroatoms. The first-order valence-electron chi connectivity index (χ1n) is 16.9. The second kappa shape index (κ2) is 15.6. The zero-order chi connectivity index (χ0) is 34.4. The molecule has 0 aromatic carbocycles. The van der Waals surface area contributed by atoms with Crippen molar-refractivity contribution in [1.82, 2.24) is 26.2 Å². The zero-order valence-electron chi connectivity index (χ0n) is 28.5. The number of ether oxygens (including phenoxy) is 3. The van der Waals surface area contributed by atoms with Gasteiger partial charge in [0.1, 0.15) is 23.9 Å². The summed E-state index contributed by atoms with van der Waals surface area (Å²) in [5.41, 5.74) is -1.74. The van der Waals surface area contributed by atoms with Gasteiger partial charge in [0.2, 0.25) is 11.8 Å². The molecule has 1 spiro atoms. The second-order valence-electron chi connectivity index (χ2n) is 13.9. The van der Waals surface area contributed by atoms with Crippen molar-refractivity contribution in [2.75, 3.05) is 32.9 Å². The molecule has 0 aromatic heterocycles. The fraction of sp³-hybridized carbons (Fsp3) is 0.812. The van der Waals surface area contributed by atoms with Gasteiger partial charge < -0.3 is 45.2 Å². The van der Waals surface area contributed by atoms with Gasteiger partial charge in [0.05, 0.1) is 25.8 Å². The number of amides is 5. The molecule has 2 unspecified atom stereocenters. The average Bonchev–Trinajstić information content (AvgIpc) is 3.37. The number of hydrogen-bond donors (Lipinski definition) is 4. The van der Waals surface area contributed by atoms with Gasteiger partial charge in [-0.15, -0.1) is 0 Å². The van der Waals surface area contributed by atoms with Crippen molar-refractivity contribution in [3.05, 3.63) is 0 Å². The Morgan fingerprint density at radius 2 is 1.83 bits per heavy atom. The summed E-state index contributed by atoms with van der Waals surface area (Å²) in [7, 11) is 0. The fourth-order valence-electron chi connectivity index (χ4n) is 6.19. The summed E-state index contributed by atoms with van der Waals surface area (Å²) in [6.07, 6.45) is 1.54. The Balaban J connectivity index is 1.59. The van der Waals surface area contributed by atoms with Crippen LogP contribution in [0.1, 0.15) is 86.5 Å². The zero-order valence-corrected chi connectivity index (χ0v) is 28.5. The van der Waals surface area contributed by atoms with Crippen LogP contribution in [0.2, 0.25) is 0 Å². The third kappa shape index (κ3) is 9.34. The van der Waals surface area contributed by atoms with Crippen molar-refractivity contribution in [3.63, 3.8) is 0 Å². The highest BCUT2D eigenvalue weighted by Crippen LogP contribution is 2.39. The normalized spacial score (nSPS) is 25.7. The van der Waals surface area contributed by atoms with Crippen molar-refractivity contribution >= 4 is 35.4 Å². The van der Waals surface area contributed by atoms with E-state index in [1.54, 1.807) is 34.6 Å². The Morgan fingerprint density at radius 1 is 1.09 bits per heavy atom. The molecular formula is C32H52N6O9. The first kappa shape index (κ1) is 36.4. The number of nitrogens with zero attached hydrogens (tertiary/aromatic N) is 2. The molecule has 3 heterocycles. The van der Waals surface area contributed by atoms with E-state index < -0.39 is 59.3 Å². The summed E-state index contributed by atoms with van der Waals surface area (Å²) in [5.74, 6) is -1.67. The number of nitrogens with one attached hydrogen (secondary N) is 4. The van der Waals surface area contributed by atoms with Gasteiger partial charge >= 0.3 is 6.09 Å². The molecule has 4 N–H and O–H groups in total. The lowest BCUT2D eigenvalue weighted by Crippen LogP contribution is -2.60. The Bertz CT molecular complexity index is 1200. The summed E-state index contributed by atoms with van der Waals surface area (Å²) >= 11 is 0. The van der Waals surface area contributed by atoms with Crippen LogP contribution in [0.25, 0.3) is 0 Å². The molecule has 0 radical (unpaired) electrons. The van der Waals surface area contributed by atoms with Crippen molar-refractivity contribution in [3.8, 4) is 0 Å². The van der Waals surface area contributed by atoms with E-state index in [4.69, 9.17) is 19.0 Å². The fourth-order valence-corrected chi connectivity index (χ4v) is 6.19. The quantitative estimate of drug-likeness (QED) is 0.211. The molecule has 264 valence electrons. The van der Waals surface area contributed by atoms with Crippen LogP contribution in [-0.2, 0) is 38.2 Å². The minimum absolute atomic E-state index is 0.0458. The van der Waals surface area contributed by atoms with Crippen LogP contribution in [0.5, 0.6) is 0 Å². The molecule has 1 saturated carbocycles. The maximum atomic E-state index is 14.4. The predicted octanol–water partition coefficient (Wildman–Crippen LogP) is 1.14. The Morgan fingerprint density at radius 3 is 2.43 bits per heavy atom. The van der Waals surface area contributed by atoms with Crippen LogP contribution in [0.15, 0.2) is 5.16 Å². The van der Waals surface area contributed by atoms with Gasteiger partial charge in [0, 0.05) is 38.5 Å². The van der Waals surface area contributed by atoms with Crippen molar-refractivity contribution in [1.29, 1.82) is 0 Å². The summed E-state index contributed by atoms with van der Waals surface area (Å²) in [6, 6.07) is -2.67. The average molecular weight is 665 g/mol. The van der Waals surface area contributed by atoms with E-state index >= 15 is 0 Å². The molecule has 3 aliphatic heterocycles. The molecule has 47 heavy (non-hydrogen) atoms. The number of carbonyl (C=O) groups is 5. The van der Waals surface area contributed by atoms with Crippen LogP contribution in [-0.4, -0.2) is 115 Å². The van der Waals surface area contributed by atoms with Crippen LogP contribution >= 0.6 is 0 Å². The molecule has 3 fully saturated rings. The number of carbonyl (C=O) groups excluding carboxylic acids is 5. The highest BCUT2D eigenvalue weighted by molar-refractivity contribution is 6.39. The van der Waals surface area contributed by atoms with E-state index in [1.165, 1.54) is 4.90 Å². The largest absolute Gasteiger partial charge is 0.444 e. The standard InChI is InChI=1S/C32H52N6O9/c1-7-10-21(24(45-9-3)28(41)34-19-11-12-19)35-27(40)23-16-32(15-22(37-47-32)26(39)33-8-2)18-38(23)29(42)25(31(4,5)6)36-30(43)46-20-13-14-44-17-20/h19-21,23-25H,7-18H2,1-6H3,(H,33,39)(H,34,41)(H,35,40)(H,36,43)/t20-,21-,23-,24?,25+,32?/m0/s1. The maximum absolute atomic E-state index is 14.4. The third-order valence-corrected chi connectivity index (χ3v) is 8.78. The predicted molar refractivity (Wildman–Crippen MR) is 170 cm³/mol. The van der Waals surface area contributed by atoms with Gasteiger partial charge in [-0.25, -0.2) is 4.79 Å². The number of rotatable bonds is 14. The van der Waals surface area contributed by atoms with E-state index in [9.17, 15) is 24.0 Å². The Hall–Kier alpha value is -3.46. The van der Waals surface area contributed by atoms with Crippen molar-refractivity contribution in [2.45, 2.75) is 128 Å². The molecule has 15 nitrogen and oxygen atoms in total. The lowest BCUT2D eigenvalue weighted by atomic mass is 9.85. The van der Waals surface area contributed by atoms with E-state index in [0.717, 1.165) is 12.8 Å². The molecule has 0 aromatic rings. The molecule has 4 rings (SSSR count). The van der Waals surface area contributed by atoms with E-state index in [-0.39, 0.29) is 56.2 Å². The summed E-state index contributed by atoms with van der Waals surface area (Å²) < 4.78 is 16.7. The van der Waals surface area contributed by atoms with Gasteiger partial charge in [-0.2, -0.15) is 0 Å². The van der Waals surface area contributed by atoms with E-state index in [0.29, 0.717) is 32.4 Å². The van der Waals surface area contributed by atoms with Gasteiger partial charge in [-0.3, -0.25) is 19.2 Å². The minimum Gasteiger partial charge on any atom is -0.444 e. The lowest BCUT2D eigenvalue weighted by molar-refractivity contribution is -0.144. The summed E-state index contributed by atoms with van der Waals surface area (Å²) in [5, 5.41) is 15.5. The number of hydrogen-bond acceptors (Lipinski definition) is 10. The van der Waals surface area contributed by atoms with E-state index in [1.807, 2.05) is 6.92 Å². The molecule has 5 amide bonds. The SMILES string of the molecule is CCC[C@H](NC(=O)[C@@H]1CC2(CC(C(=O)NCC)=NO2)CN1C(=O)[C@@H](NC(=O)O[C@H]1CCOC1)C(C)(C)C)C(OCC)C(=O)NC1CC1. The van der Waals surface area contributed by atoms with Crippen LogP contribution in [0.3, 0.4) is 0 Å². The second-order valence-corrected chi connectivity index (χ2v) is 13.9. The molecule has 1 aliphatic carbocycles. The van der Waals surface area contributed by atoms with Gasteiger partial charge in [0.15, 0.2) is 11.7 Å². The monoisotopic (exact) mass is 664 g/mol. The minimum atomic E-state index is -1.13. The van der Waals surface area contributed by atoms with Crippen LogP contribution in [0.4, 0.5) is 4.79 Å². The summed E-state index contributed by atoms with van der Waals surface area (Å²) in [6.45, 7) is 12.3. The smallest absolute Gasteiger partial charge is 0.408 e. The molecular weight excluding hydrogens is 612 g/mol. The van der Waals surface area contributed by atoms with Gasteiger partial charge in [0.25, 0.3) is 11.8 Å². The highest BCUT2D eigenvalue weighted by Gasteiger charge is 2.56. The number of alkyl carbamates (subject to hydrolysis) is 1. The van der Waals surface area contributed by atoms with Crippen molar-refractivity contribution in [2.24, 2.45) is 10.6 Å². The lowest BCUT2D eigenvalue weighted by Gasteiger charge is -2.36. The molecule has 6 atom stereocenters. The Kier molecular flexibility index (Phi) is 12.1. The first-order valence-corrected chi connectivity index (χ1v) is 16.9. The van der Waals surface area contributed by atoms with E-state index in [2.05, 4.69) is 26.4 Å². The van der Waals surface area contributed by atoms with Gasteiger partial charge in [-0.05, 0) is 38.5 Å². The number of oxime groups is 1. The van der Waals surface area contributed by atoms with Crippen molar-refractivity contribution < 1.29 is 43.0 Å². The summed E-state index contributed by atoms with van der Waals surface area (Å²) in [4.78, 5) is 74.6. The molecule has 4 aliphatic rings. The molecule has 2 saturated heterocycles. The topological polar surface area (TPSA) is 186 Å². The number of likely N-dealkylation sites (tertiary alicyclic amines) is 1. The van der Waals surface area contributed by atoms with Gasteiger partial charge in [-0.1, -0.05) is 39.3 Å². The van der Waals surface area contributed by atoms with Crippen LogP contribution < -0.4 is 21.3 Å². The van der Waals surface area contributed by atoms with Crippen LogP contribution in [0, 0.1) is 5.41 Å². The highest BCUT2D eigenvalue weighted by atomic mass is 16.7. The first-order chi connectivity index (χ1) is 22.3. The Labute approximate surface area is 276 Å². The third-order valence-electron chi connectivity index (χ3n) is 8.78. The molecule has 0 bridgehead atoms. The maximum Gasteiger partial charge on any atom is 0.408 e.